The number of thioether (sulfide) groups is 1. The Labute approximate surface area is 210 Å². The molecule has 1 aromatic heterocycles. The predicted molar refractivity (Wildman–Crippen MR) is 137 cm³/mol. The molecule has 1 atom stereocenters. The summed E-state index contributed by atoms with van der Waals surface area (Å²) >= 11 is 8.89. The summed E-state index contributed by atoms with van der Waals surface area (Å²) in [7, 11) is 0. The molecular formula is C25H19ClN4O2S2. The van der Waals surface area contributed by atoms with Gasteiger partial charge >= 0.3 is 0 Å². The minimum Gasteiger partial charge on any atom is -0.322 e. The predicted octanol–water partition coefficient (Wildman–Crippen LogP) is 5.89. The quantitative estimate of drug-likeness (QED) is 0.353. The Balaban J connectivity index is 1.26. The Bertz CT molecular complexity index is 1310. The zero-order valence-electron chi connectivity index (χ0n) is 17.8. The highest BCUT2D eigenvalue weighted by atomic mass is 35.5. The van der Waals surface area contributed by atoms with Crippen LogP contribution in [0.1, 0.15) is 26.9 Å². The summed E-state index contributed by atoms with van der Waals surface area (Å²) in [6.07, 6.45) is 0. The molecule has 1 N–H and O–H groups in total. The minimum absolute atomic E-state index is 0.0947. The van der Waals surface area contributed by atoms with Crippen molar-refractivity contribution < 1.29 is 9.59 Å². The van der Waals surface area contributed by atoms with Crippen LogP contribution < -0.4 is 5.32 Å². The second-order valence-corrected chi connectivity index (χ2v) is 10.1. The molecule has 0 unspecified atom stereocenters. The van der Waals surface area contributed by atoms with E-state index in [4.69, 9.17) is 11.6 Å². The molecule has 0 spiro atoms. The average molecular weight is 507 g/mol. The van der Waals surface area contributed by atoms with Crippen molar-refractivity contribution in [3.8, 4) is 10.6 Å². The Kier molecular flexibility index (Phi) is 6.62. The van der Waals surface area contributed by atoms with Gasteiger partial charge in [0, 0.05) is 22.7 Å². The first kappa shape index (κ1) is 22.6. The number of aromatic nitrogens is 2. The van der Waals surface area contributed by atoms with Crippen LogP contribution in [-0.2, 0) is 11.3 Å². The van der Waals surface area contributed by atoms with Gasteiger partial charge in [0.2, 0.25) is 11.0 Å². The molecule has 0 bridgehead atoms. The van der Waals surface area contributed by atoms with Gasteiger partial charge in [0.1, 0.15) is 10.4 Å². The number of amides is 2. The molecule has 0 radical (unpaired) electrons. The second kappa shape index (κ2) is 9.97. The van der Waals surface area contributed by atoms with E-state index in [1.165, 1.54) is 11.3 Å². The summed E-state index contributed by atoms with van der Waals surface area (Å²) in [6, 6.07) is 24.6. The lowest BCUT2D eigenvalue weighted by Crippen LogP contribution is -2.27. The van der Waals surface area contributed by atoms with Crippen LogP contribution in [0.2, 0.25) is 5.02 Å². The molecule has 2 amide bonds. The maximum Gasteiger partial charge on any atom is 0.257 e. The van der Waals surface area contributed by atoms with Crippen LogP contribution in [-0.4, -0.2) is 32.7 Å². The van der Waals surface area contributed by atoms with E-state index in [-0.39, 0.29) is 17.2 Å². The van der Waals surface area contributed by atoms with Crippen molar-refractivity contribution >= 4 is 51.6 Å². The molecule has 6 nitrogen and oxygen atoms in total. The van der Waals surface area contributed by atoms with E-state index in [0.717, 1.165) is 21.7 Å². The van der Waals surface area contributed by atoms with E-state index in [0.29, 0.717) is 28.0 Å². The van der Waals surface area contributed by atoms with Crippen molar-refractivity contribution in [2.24, 2.45) is 0 Å². The highest BCUT2D eigenvalue weighted by Crippen LogP contribution is 2.39. The van der Waals surface area contributed by atoms with Crippen LogP contribution in [0.15, 0.2) is 78.9 Å². The summed E-state index contributed by atoms with van der Waals surface area (Å²) in [5.41, 5.74) is 3.47. The first-order valence-electron chi connectivity index (χ1n) is 10.5. The number of carbonyl (C=O) groups excluding carboxylic acids is 2. The fraction of sp³-hybridized carbons (Fsp3) is 0.120. The Hall–Kier alpha value is -3.20. The number of carbonyl (C=O) groups is 2. The zero-order chi connectivity index (χ0) is 23.5. The van der Waals surface area contributed by atoms with Gasteiger partial charge in [0.25, 0.3) is 5.91 Å². The normalized spacial score (nSPS) is 15.5. The molecule has 1 saturated heterocycles. The van der Waals surface area contributed by atoms with Gasteiger partial charge in [-0.3, -0.25) is 14.9 Å². The Morgan fingerprint density at radius 2 is 1.74 bits per heavy atom. The zero-order valence-corrected chi connectivity index (χ0v) is 20.2. The van der Waals surface area contributed by atoms with Crippen molar-refractivity contribution in [2.75, 3.05) is 11.1 Å². The largest absolute Gasteiger partial charge is 0.322 e. The summed E-state index contributed by atoms with van der Waals surface area (Å²) < 4.78 is 0. The van der Waals surface area contributed by atoms with Crippen molar-refractivity contribution in [1.29, 1.82) is 0 Å². The molecule has 1 aliphatic heterocycles. The lowest BCUT2D eigenvalue weighted by molar-refractivity contribution is -0.128. The van der Waals surface area contributed by atoms with Crippen molar-refractivity contribution in [1.82, 2.24) is 15.1 Å². The smallest absolute Gasteiger partial charge is 0.257 e. The van der Waals surface area contributed by atoms with Crippen LogP contribution >= 0.6 is 34.7 Å². The third kappa shape index (κ3) is 4.99. The Morgan fingerprint density at radius 1 is 1.00 bits per heavy atom. The molecule has 3 aromatic carbocycles. The fourth-order valence-electron chi connectivity index (χ4n) is 3.63. The number of halogens is 1. The Morgan fingerprint density at radius 3 is 2.47 bits per heavy atom. The summed E-state index contributed by atoms with van der Waals surface area (Å²) in [5, 5.41) is 12.8. The van der Waals surface area contributed by atoms with E-state index < -0.39 is 0 Å². The van der Waals surface area contributed by atoms with Crippen LogP contribution in [0.3, 0.4) is 0 Å². The summed E-state index contributed by atoms with van der Waals surface area (Å²) in [5.74, 6) is 0.272. The molecule has 4 aromatic rings. The first-order valence-corrected chi connectivity index (χ1v) is 12.8. The molecule has 2 heterocycles. The van der Waals surface area contributed by atoms with Crippen LogP contribution in [0.25, 0.3) is 10.6 Å². The lowest BCUT2D eigenvalue weighted by Gasteiger charge is -2.24. The van der Waals surface area contributed by atoms with Gasteiger partial charge in [-0.25, -0.2) is 0 Å². The minimum atomic E-state index is -0.254. The number of rotatable bonds is 6. The summed E-state index contributed by atoms with van der Waals surface area (Å²) in [4.78, 5) is 27.1. The van der Waals surface area contributed by atoms with Gasteiger partial charge in [-0.05, 0) is 35.4 Å². The molecule has 1 fully saturated rings. The van der Waals surface area contributed by atoms with Gasteiger partial charge in [-0.2, -0.15) is 0 Å². The molecule has 9 heteroatoms. The third-order valence-corrected chi connectivity index (χ3v) is 7.75. The van der Waals surface area contributed by atoms with Crippen molar-refractivity contribution in [3.05, 3.63) is 101 Å². The van der Waals surface area contributed by atoms with E-state index in [2.05, 4.69) is 15.5 Å². The second-order valence-electron chi connectivity index (χ2n) is 7.67. The number of hydrogen-bond acceptors (Lipinski definition) is 6. The van der Waals surface area contributed by atoms with Crippen molar-refractivity contribution in [3.63, 3.8) is 0 Å². The molecule has 1 aliphatic rings. The number of benzene rings is 3. The maximum absolute atomic E-state index is 12.7. The van der Waals surface area contributed by atoms with Crippen LogP contribution in [0.5, 0.6) is 0 Å². The lowest BCUT2D eigenvalue weighted by atomic mass is 10.1. The number of nitrogens with zero attached hydrogens (tertiary/aromatic N) is 3. The van der Waals surface area contributed by atoms with Gasteiger partial charge in [-0.1, -0.05) is 77.5 Å². The molecule has 0 aliphatic carbocycles. The van der Waals surface area contributed by atoms with E-state index in [1.807, 2.05) is 71.6 Å². The fourth-order valence-corrected chi connectivity index (χ4v) is 5.69. The van der Waals surface area contributed by atoms with Gasteiger partial charge < -0.3 is 4.90 Å². The summed E-state index contributed by atoms with van der Waals surface area (Å²) in [6.45, 7) is 0.511. The van der Waals surface area contributed by atoms with Gasteiger partial charge in [-0.15, -0.1) is 22.0 Å². The molecule has 5 rings (SSSR count). The van der Waals surface area contributed by atoms with E-state index in [9.17, 15) is 9.59 Å². The van der Waals surface area contributed by atoms with Crippen LogP contribution in [0, 0.1) is 0 Å². The topological polar surface area (TPSA) is 75.2 Å². The number of nitrogens with one attached hydrogen (secondary N) is 1. The molecule has 0 saturated carbocycles. The molecular weight excluding hydrogens is 488 g/mol. The average Bonchev–Trinajstić information content (AvgIpc) is 3.48. The highest BCUT2D eigenvalue weighted by Gasteiger charge is 2.32. The van der Waals surface area contributed by atoms with Crippen molar-refractivity contribution in [2.45, 2.75) is 11.9 Å². The SMILES string of the molecule is O=C(Nc1nnc(-c2ccccc2)s1)c1ccc([C@H]2SCC(=O)N2Cc2ccc(Cl)cc2)cc1. The van der Waals surface area contributed by atoms with E-state index in [1.54, 1.807) is 23.9 Å². The van der Waals surface area contributed by atoms with E-state index >= 15 is 0 Å². The highest BCUT2D eigenvalue weighted by molar-refractivity contribution is 8.00. The van der Waals surface area contributed by atoms with Gasteiger partial charge in [0.15, 0.2) is 0 Å². The maximum atomic E-state index is 12.7. The number of hydrogen-bond donors (Lipinski definition) is 1. The van der Waals surface area contributed by atoms with Gasteiger partial charge in [0.05, 0.1) is 5.75 Å². The molecule has 170 valence electrons. The monoisotopic (exact) mass is 506 g/mol. The molecule has 34 heavy (non-hydrogen) atoms. The standard InChI is InChI=1S/C25H19ClN4O2S2/c26-20-12-6-16(7-13-20)14-30-21(31)15-33-24(30)19-10-8-17(9-11-19)22(32)27-25-29-28-23(34-25)18-4-2-1-3-5-18/h1-13,24H,14-15H2,(H,27,29,32)/t24-/m1/s1. The first-order chi connectivity index (χ1) is 16.6. The third-order valence-electron chi connectivity index (χ3n) is 5.36. The van der Waals surface area contributed by atoms with Crippen LogP contribution in [0.4, 0.5) is 5.13 Å². The number of anilines is 1.